The van der Waals surface area contributed by atoms with Crippen molar-refractivity contribution in [3.8, 4) is 11.4 Å². The van der Waals surface area contributed by atoms with E-state index in [0.717, 1.165) is 36.1 Å². The molecule has 3 aromatic rings. The van der Waals surface area contributed by atoms with Crippen molar-refractivity contribution in [1.29, 1.82) is 0 Å². The predicted octanol–water partition coefficient (Wildman–Crippen LogP) is 5.16. The van der Waals surface area contributed by atoms with Gasteiger partial charge in [-0.15, -0.1) is 0 Å². The highest BCUT2D eigenvalue weighted by atomic mass is 19.4. The largest absolute Gasteiger partial charge is 0.416 e. The Balaban J connectivity index is 1.44. The molecule has 31 heavy (non-hydrogen) atoms. The van der Waals surface area contributed by atoms with Crippen molar-refractivity contribution in [3.63, 3.8) is 0 Å². The van der Waals surface area contributed by atoms with Crippen LogP contribution < -0.4 is 0 Å². The summed E-state index contributed by atoms with van der Waals surface area (Å²) in [6.07, 6.45) is -2.30. The molecule has 8 heteroatoms. The van der Waals surface area contributed by atoms with Crippen molar-refractivity contribution >= 4 is 5.91 Å². The first-order valence-corrected chi connectivity index (χ1v) is 10.2. The maximum atomic E-state index is 13.0. The van der Waals surface area contributed by atoms with Gasteiger partial charge in [0.05, 0.1) is 5.56 Å². The molecule has 1 aliphatic heterocycles. The summed E-state index contributed by atoms with van der Waals surface area (Å²) in [6, 6.07) is 12.3. The number of rotatable bonds is 4. The molecule has 1 atom stereocenters. The summed E-state index contributed by atoms with van der Waals surface area (Å²) < 4.78 is 44.4. The second kappa shape index (κ2) is 8.53. The molecule has 1 aliphatic rings. The highest BCUT2D eigenvalue weighted by molar-refractivity contribution is 5.94. The molecular weight excluding hydrogens is 407 g/mol. The Hall–Kier alpha value is -3.16. The Labute approximate surface area is 177 Å². The van der Waals surface area contributed by atoms with E-state index in [4.69, 9.17) is 4.52 Å². The lowest BCUT2D eigenvalue weighted by Crippen LogP contribution is -2.40. The molecule has 0 spiro atoms. The van der Waals surface area contributed by atoms with Crippen LogP contribution in [-0.4, -0.2) is 34.0 Å². The Bertz CT molecular complexity index is 1080. The third-order valence-electron chi connectivity index (χ3n) is 5.56. The van der Waals surface area contributed by atoms with Gasteiger partial charge in [0, 0.05) is 30.6 Å². The summed E-state index contributed by atoms with van der Waals surface area (Å²) in [5, 5.41) is 4.07. The smallest absolute Gasteiger partial charge is 0.339 e. The summed E-state index contributed by atoms with van der Waals surface area (Å²) >= 11 is 0. The Morgan fingerprint density at radius 2 is 2.00 bits per heavy atom. The molecule has 0 radical (unpaired) electrons. The quantitative estimate of drug-likeness (QED) is 0.575. The SMILES string of the molecule is Cc1ccccc1-c1noc(C[C@@H]2CCCN(C(=O)c3cccc(C(F)(F)F)c3)C2)n1. The van der Waals surface area contributed by atoms with Crippen LogP contribution in [0.15, 0.2) is 53.1 Å². The van der Waals surface area contributed by atoms with Crippen LogP contribution in [0.5, 0.6) is 0 Å². The van der Waals surface area contributed by atoms with Gasteiger partial charge in [-0.2, -0.15) is 18.2 Å². The molecule has 162 valence electrons. The van der Waals surface area contributed by atoms with Gasteiger partial charge in [0.25, 0.3) is 5.91 Å². The fourth-order valence-corrected chi connectivity index (χ4v) is 3.95. The van der Waals surface area contributed by atoms with Gasteiger partial charge in [-0.25, -0.2) is 0 Å². The normalized spacial score (nSPS) is 17.0. The third-order valence-corrected chi connectivity index (χ3v) is 5.56. The van der Waals surface area contributed by atoms with Crippen molar-refractivity contribution in [3.05, 3.63) is 71.1 Å². The van der Waals surface area contributed by atoms with E-state index in [2.05, 4.69) is 10.1 Å². The minimum absolute atomic E-state index is 0.0510. The van der Waals surface area contributed by atoms with Gasteiger partial charge >= 0.3 is 6.18 Å². The van der Waals surface area contributed by atoms with Crippen molar-refractivity contribution in [2.75, 3.05) is 13.1 Å². The molecule has 1 fully saturated rings. The zero-order valence-electron chi connectivity index (χ0n) is 17.0. The average Bonchev–Trinajstić information content (AvgIpc) is 3.21. The number of carbonyl (C=O) groups excluding carboxylic acids is 1. The second-order valence-corrected chi connectivity index (χ2v) is 7.87. The monoisotopic (exact) mass is 429 g/mol. The number of carbonyl (C=O) groups is 1. The molecule has 1 aromatic heterocycles. The van der Waals surface area contributed by atoms with Crippen LogP contribution in [0.4, 0.5) is 13.2 Å². The van der Waals surface area contributed by atoms with Crippen molar-refractivity contribution in [1.82, 2.24) is 15.0 Å². The number of halogens is 3. The molecule has 5 nitrogen and oxygen atoms in total. The number of nitrogens with zero attached hydrogens (tertiary/aromatic N) is 3. The lowest BCUT2D eigenvalue weighted by molar-refractivity contribution is -0.137. The summed E-state index contributed by atoms with van der Waals surface area (Å²) in [4.78, 5) is 18.9. The Kier molecular flexibility index (Phi) is 5.80. The van der Waals surface area contributed by atoms with Crippen LogP contribution >= 0.6 is 0 Å². The lowest BCUT2D eigenvalue weighted by atomic mass is 9.94. The van der Waals surface area contributed by atoms with Gasteiger partial charge in [0.15, 0.2) is 0 Å². The molecule has 2 heterocycles. The minimum Gasteiger partial charge on any atom is -0.339 e. The Morgan fingerprint density at radius 3 is 2.77 bits per heavy atom. The highest BCUT2D eigenvalue weighted by Gasteiger charge is 2.32. The van der Waals surface area contributed by atoms with Crippen LogP contribution in [-0.2, 0) is 12.6 Å². The molecule has 1 amide bonds. The maximum absolute atomic E-state index is 13.0. The molecule has 2 aromatic carbocycles. The first-order chi connectivity index (χ1) is 14.8. The van der Waals surface area contributed by atoms with E-state index in [9.17, 15) is 18.0 Å². The summed E-state index contributed by atoms with van der Waals surface area (Å²) in [5.41, 5.74) is 1.18. The number of amides is 1. The molecule has 1 saturated heterocycles. The van der Waals surface area contributed by atoms with E-state index < -0.39 is 11.7 Å². The lowest BCUT2D eigenvalue weighted by Gasteiger charge is -2.32. The molecule has 0 bridgehead atoms. The van der Waals surface area contributed by atoms with Crippen LogP contribution in [0.25, 0.3) is 11.4 Å². The van der Waals surface area contributed by atoms with Crippen molar-refractivity contribution in [2.45, 2.75) is 32.4 Å². The fourth-order valence-electron chi connectivity index (χ4n) is 3.95. The number of alkyl halides is 3. The summed E-state index contributed by atoms with van der Waals surface area (Å²) in [7, 11) is 0. The maximum Gasteiger partial charge on any atom is 0.416 e. The third kappa shape index (κ3) is 4.78. The number of benzene rings is 2. The molecule has 4 rings (SSSR count). The summed E-state index contributed by atoms with van der Waals surface area (Å²) in [5.74, 6) is 0.744. The first-order valence-electron chi connectivity index (χ1n) is 10.2. The van der Waals surface area contributed by atoms with Gasteiger partial charge in [0.1, 0.15) is 0 Å². The molecule has 0 unspecified atom stereocenters. The number of hydrogen-bond acceptors (Lipinski definition) is 4. The fraction of sp³-hybridized carbons (Fsp3) is 0.348. The van der Waals surface area contributed by atoms with E-state index in [1.807, 2.05) is 31.2 Å². The van der Waals surface area contributed by atoms with Crippen LogP contribution in [0.2, 0.25) is 0 Å². The average molecular weight is 429 g/mol. The zero-order valence-corrected chi connectivity index (χ0v) is 17.0. The van der Waals surface area contributed by atoms with Gasteiger partial charge < -0.3 is 9.42 Å². The zero-order chi connectivity index (χ0) is 22.0. The number of aryl methyl sites for hydroxylation is 1. The minimum atomic E-state index is -4.48. The van der Waals surface area contributed by atoms with Crippen LogP contribution in [0, 0.1) is 12.8 Å². The number of piperidine rings is 1. The summed E-state index contributed by atoms with van der Waals surface area (Å²) in [6.45, 7) is 2.94. The highest BCUT2D eigenvalue weighted by Crippen LogP contribution is 2.30. The molecule has 0 saturated carbocycles. The number of hydrogen-bond donors (Lipinski definition) is 0. The second-order valence-electron chi connectivity index (χ2n) is 7.87. The topological polar surface area (TPSA) is 59.2 Å². The van der Waals surface area contributed by atoms with Crippen LogP contribution in [0.3, 0.4) is 0 Å². The van der Waals surface area contributed by atoms with E-state index in [-0.39, 0.29) is 17.4 Å². The molecule has 0 aliphatic carbocycles. The predicted molar refractivity (Wildman–Crippen MR) is 108 cm³/mol. The van der Waals surface area contributed by atoms with Crippen molar-refractivity contribution < 1.29 is 22.5 Å². The van der Waals surface area contributed by atoms with E-state index in [1.54, 1.807) is 4.90 Å². The molecular formula is C23H22F3N3O2. The Morgan fingerprint density at radius 1 is 1.19 bits per heavy atom. The van der Waals surface area contributed by atoms with Gasteiger partial charge in [-0.3, -0.25) is 4.79 Å². The first kappa shape index (κ1) is 21.1. The van der Waals surface area contributed by atoms with E-state index in [1.165, 1.54) is 12.1 Å². The van der Waals surface area contributed by atoms with Gasteiger partial charge in [-0.1, -0.05) is 35.5 Å². The van der Waals surface area contributed by atoms with E-state index >= 15 is 0 Å². The molecule has 0 N–H and O–H groups in total. The standard InChI is InChI=1S/C23H22F3N3O2/c1-15-6-2-3-10-19(15)21-27-20(31-28-21)12-16-7-5-11-29(14-16)22(30)17-8-4-9-18(13-17)23(24,25)26/h2-4,6,8-10,13,16H,5,7,11-12,14H2,1H3/t16-/m0/s1. The van der Waals surface area contributed by atoms with Gasteiger partial charge in [-0.05, 0) is 49.4 Å². The number of likely N-dealkylation sites (tertiary alicyclic amines) is 1. The van der Waals surface area contributed by atoms with E-state index in [0.29, 0.717) is 31.2 Å². The van der Waals surface area contributed by atoms with Crippen molar-refractivity contribution in [2.24, 2.45) is 5.92 Å². The van der Waals surface area contributed by atoms with Gasteiger partial charge in [0.2, 0.25) is 11.7 Å². The van der Waals surface area contributed by atoms with Crippen LogP contribution in [0.1, 0.15) is 40.2 Å². The number of aromatic nitrogens is 2.